The average molecular weight is 282 g/mol. The molecule has 0 spiro atoms. The molecule has 1 amide bonds. The Morgan fingerprint density at radius 2 is 2.37 bits per heavy atom. The first kappa shape index (κ1) is 12.6. The summed E-state index contributed by atoms with van der Waals surface area (Å²) in [5, 5.41) is 13.7. The highest BCUT2D eigenvalue weighted by Crippen LogP contribution is 2.38. The van der Waals surface area contributed by atoms with E-state index >= 15 is 0 Å². The third-order valence-corrected chi connectivity index (χ3v) is 4.48. The smallest absolute Gasteiger partial charge is 0.355 e. The Hall–Kier alpha value is -1.47. The maximum atomic E-state index is 12.0. The van der Waals surface area contributed by atoms with Crippen molar-refractivity contribution in [2.75, 3.05) is 0 Å². The molecule has 7 heteroatoms. The lowest BCUT2D eigenvalue weighted by atomic mass is 9.88. The molecule has 19 heavy (non-hydrogen) atoms. The van der Waals surface area contributed by atoms with Crippen LogP contribution >= 0.6 is 11.3 Å². The van der Waals surface area contributed by atoms with Crippen molar-refractivity contribution in [1.29, 1.82) is 0 Å². The SMILES string of the molecule is O=C(O)c1csc(CNC(=O)C2CC3CCC2O3)n1. The van der Waals surface area contributed by atoms with Crippen LogP contribution in [0, 0.1) is 5.92 Å². The Labute approximate surface area is 113 Å². The number of nitrogens with one attached hydrogen (secondary N) is 1. The van der Waals surface area contributed by atoms with Crippen LogP contribution in [-0.2, 0) is 16.1 Å². The lowest BCUT2D eigenvalue weighted by Gasteiger charge is -2.17. The highest BCUT2D eigenvalue weighted by molar-refractivity contribution is 7.09. The first-order chi connectivity index (χ1) is 9.13. The molecule has 1 aromatic rings. The van der Waals surface area contributed by atoms with E-state index in [9.17, 15) is 9.59 Å². The molecule has 102 valence electrons. The second-order valence-corrected chi connectivity index (χ2v) is 5.81. The van der Waals surface area contributed by atoms with Crippen molar-refractivity contribution in [3.63, 3.8) is 0 Å². The summed E-state index contributed by atoms with van der Waals surface area (Å²) in [4.78, 5) is 26.6. The normalized spacial score (nSPS) is 28.5. The predicted octanol–water partition coefficient (Wildman–Crippen LogP) is 1.02. The van der Waals surface area contributed by atoms with Gasteiger partial charge in [0.05, 0.1) is 24.7 Å². The molecule has 2 bridgehead atoms. The zero-order chi connectivity index (χ0) is 13.4. The highest BCUT2D eigenvalue weighted by atomic mass is 32.1. The van der Waals surface area contributed by atoms with Crippen molar-refractivity contribution < 1.29 is 19.4 Å². The van der Waals surface area contributed by atoms with Gasteiger partial charge in [0.15, 0.2) is 5.69 Å². The summed E-state index contributed by atoms with van der Waals surface area (Å²) in [6.45, 7) is 0.282. The summed E-state index contributed by atoms with van der Waals surface area (Å²) in [6.07, 6.45) is 3.14. The van der Waals surface area contributed by atoms with Crippen molar-refractivity contribution in [2.24, 2.45) is 5.92 Å². The number of thiazole rings is 1. The number of aromatic carboxylic acids is 1. The van der Waals surface area contributed by atoms with Gasteiger partial charge in [-0.1, -0.05) is 0 Å². The highest BCUT2D eigenvalue weighted by Gasteiger charge is 2.44. The maximum Gasteiger partial charge on any atom is 0.355 e. The van der Waals surface area contributed by atoms with Crippen LogP contribution in [0.1, 0.15) is 34.8 Å². The molecule has 2 saturated heterocycles. The molecule has 3 atom stereocenters. The van der Waals surface area contributed by atoms with Gasteiger partial charge in [-0.25, -0.2) is 9.78 Å². The van der Waals surface area contributed by atoms with Gasteiger partial charge in [-0.2, -0.15) is 0 Å². The first-order valence-electron chi connectivity index (χ1n) is 6.24. The van der Waals surface area contributed by atoms with Crippen molar-refractivity contribution in [3.05, 3.63) is 16.1 Å². The number of carboxylic acids is 1. The summed E-state index contributed by atoms with van der Waals surface area (Å²) in [6, 6.07) is 0. The Balaban J connectivity index is 1.54. The van der Waals surface area contributed by atoms with Gasteiger partial charge in [0.1, 0.15) is 5.01 Å². The van der Waals surface area contributed by atoms with E-state index in [-0.39, 0.29) is 36.3 Å². The molecule has 2 fully saturated rings. The topological polar surface area (TPSA) is 88.5 Å². The molecule has 6 nitrogen and oxygen atoms in total. The molecule has 0 aliphatic carbocycles. The van der Waals surface area contributed by atoms with Crippen LogP contribution in [0.2, 0.25) is 0 Å². The van der Waals surface area contributed by atoms with Crippen LogP contribution < -0.4 is 5.32 Å². The van der Waals surface area contributed by atoms with Crippen LogP contribution in [0.5, 0.6) is 0 Å². The zero-order valence-corrected chi connectivity index (χ0v) is 11.0. The molecule has 0 aromatic carbocycles. The van der Waals surface area contributed by atoms with Crippen LogP contribution in [0.4, 0.5) is 0 Å². The summed E-state index contributed by atoms with van der Waals surface area (Å²) in [5.74, 6) is -1.12. The number of fused-ring (bicyclic) bond motifs is 2. The van der Waals surface area contributed by atoms with Gasteiger partial charge in [0, 0.05) is 5.38 Å². The molecule has 3 heterocycles. The number of ether oxygens (including phenoxy) is 1. The molecule has 2 aliphatic rings. The molecule has 0 radical (unpaired) electrons. The minimum atomic E-state index is -1.05. The second kappa shape index (κ2) is 4.90. The maximum absolute atomic E-state index is 12.0. The molecule has 1 aromatic heterocycles. The summed E-state index contributed by atoms with van der Waals surface area (Å²) in [7, 11) is 0. The van der Waals surface area contributed by atoms with Crippen LogP contribution in [0.3, 0.4) is 0 Å². The second-order valence-electron chi connectivity index (χ2n) is 4.87. The lowest BCUT2D eigenvalue weighted by Crippen LogP contribution is -2.35. The molecular formula is C12H14N2O4S. The van der Waals surface area contributed by atoms with Gasteiger partial charge < -0.3 is 15.2 Å². The minimum Gasteiger partial charge on any atom is -0.476 e. The Kier molecular flexibility index (Phi) is 3.24. The predicted molar refractivity (Wildman–Crippen MR) is 66.9 cm³/mol. The Morgan fingerprint density at radius 3 is 2.95 bits per heavy atom. The van der Waals surface area contributed by atoms with E-state index in [0.717, 1.165) is 19.3 Å². The van der Waals surface area contributed by atoms with Gasteiger partial charge in [-0.15, -0.1) is 11.3 Å². The van der Waals surface area contributed by atoms with E-state index in [1.165, 1.54) is 16.7 Å². The van der Waals surface area contributed by atoms with Gasteiger partial charge in [0.2, 0.25) is 5.91 Å². The molecule has 2 N–H and O–H groups in total. The number of hydrogen-bond donors (Lipinski definition) is 2. The fourth-order valence-corrected chi connectivity index (χ4v) is 3.41. The van der Waals surface area contributed by atoms with Crippen molar-refractivity contribution in [1.82, 2.24) is 10.3 Å². The summed E-state index contributed by atoms with van der Waals surface area (Å²) in [5.41, 5.74) is 0.0255. The monoisotopic (exact) mass is 282 g/mol. The average Bonchev–Trinajstić information content (AvgIpc) is 3.11. The van der Waals surface area contributed by atoms with E-state index in [1.807, 2.05) is 0 Å². The number of aromatic nitrogens is 1. The van der Waals surface area contributed by atoms with E-state index in [0.29, 0.717) is 5.01 Å². The number of hydrogen-bond acceptors (Lipinski definition) is 5. The fraction of sp³-hybridized carbons (Fsp3) is 0.583. The van der Waals surface area contributed by atoms with Crippen LogP contribution in [-0.4, -0.2) is 34.2 Å². The van der Waals surface area contributed by atoms with Crippen molar-refractivity contribution in [3.8, 4) is 0 Å². The minimum absolute atomic E-state index is 0.0146. The molecule has 3 unspecified atom stereocenters. The number of amides is 1. The molecule has 0 saturated carbocycles. The van der Waals surface area contributed by atoms with Crippen LogP contribution in [0.25, 0.3) is 0 Å². The van der Waals surface area contributed by atoms with E-state index in [1.54, 1.807) is 0 Å². The van der Waals surface area contributed by atoms with Crippen molar-refractivity contribution in [2.45, 2.75) is 38.0 Å². The molecular weight excluding hydrogens is 268 g/mol. The number of carbonyl (C=O) groups excluding carboxylic acids is 1. The largest absolute Gasteiger partial charge is 0.476 e. The van der Waals surface area contributed by atoms with Crippen LogP contribution in [0.15, 0.2) is 5.38 Å². The van der Waals surface area contributed by atoms with Crippen molar-refractivity contribution >= 4 is 23.2 Å². The fourth-order valence-electron chi connectivity index (χ4n) is 2.70. The van der Waals surface area contributed by atoms with Gasteiger partial charge in [-0.3, -0.25) is 4.79 Å². The number of rotatable bonds is 4. The van der Waals surface area contributed by atoms with Gasteiger partial charge in [-0.05, 0) is 19.3 Å². The standard InChI is InChI=1S/C12H14N2O4S/c15-11(7-3-6-1-2-9(7)18-6)13-4-10-14-8(5-19-10)12(16)17/h5-7,9H,1-4H2,(H,13,15)(H,16,17). The summed E-state index contributed by atoms with van der Waals surface area (Å²) >= 11 is 1.24. The molecule has 3 rings (SSSR count). The first-order valence-corrected chi connectivity index (χ1v) is 7.12. The lowest BCUT2D eigenvalue weighted by molar-refractivity contribution is -0.126. The quantitative estimate of drug-likeness (QED) is 0.861. The van der Waals surface area contributed by atoms with Gasteiger partial charge >= 0.3 is 5.97 Å². The summed E-state index contributed by atoms with van der Waals surface area (Å²) < 4.78 is 5.64. The van der Waals surface area contributed by atoms with E-state index in [2.05, 4.69) is 10.3 Å². The number of carboxylic acid groups (broad SMARTS) is 1. The number of carbonyl (C=O) groups is 2. The molecule has 2 aliphatic heterocycles. The Bertz CT molecular complexity index is 516. The van der Waals surface area contributed by atoms with Gasteiger partial charge in [0.25, 0.3) is 0 Å². The zero-order valence-electron chi connectivity index (χ0n) is 10.2. The third kappa shape index (κ3) is 2.48. The Morgan fingerprint density at radius 1 is 1.53 bits per heavy atom. The number of nitrogens with zero attached hydrogens (tertiary/aromatic N) is 1. The third-order valence-electron chi connectivity index (χ3n) is 3.63. The van der Waals surface area contributed by atoms with E-state index < -0.39 is 5.97 Å². The van der Waals surface area contributed by atoms with E-state index in [4.69, 9.17) is 9.84 Å².